The molecule has 0 saturated heterocycles. The highest BCUT2D eigenvalue weighted by molar-refractivity contribution is 5.71. The van der Waals surface area contributed by atoms with Crippen LogP contribution in [0.1, 0.15) is 239 Å². The number of allylic oxidation sites excluding steroid dienone is 16. The molecule has 6 nitrogen and oxygen atoms in total. The van der Waals surface area contributed by atoms with Gasteiger partial charge in [0.05, 0.1) is 0 Å². The second kappa shape index (κ2) is 52.9. The minimum atomic E-state index is -0.822. The lowest BCUT2D eigenvalue weighted by atomic mass is 10.1. The monoisotopic (exact) mass is 903 g/mol. The van der Waals surface area contributed by atoms with Gasteiger partial charge in [-0.05, 0) is 103 Å². The second-order valence-electron chi connectivity index (χ2n) is 17.4. The van der Waals surface area contributed by atoms with Gasteiger partial charge in [-0.25, -0.2) is 0 Å². The Kier molecular flexibility index (Phi) is 50.0. The van der Waals surface area contributed by atoms with Crippen molar-refractivity contribution in [2.24, 2.45) is 0 Å². The summed E-state index contributed by atoms with van der Waals surface area (Å²) in [7, 11) is 0. The number of ether oxygens (including phenoxy) is 3. The van der Waals surface area contributed by atoms with E-state index in [-0.39, 0.29) is 31.6 Å². The number of carbonyl (C=O) groups is 3. The molecule has 0 bridgehead atoms. The average Bonchev–Trinajstić information content (AvgIpc) is 3.30. The molecule has 0 aliphatic heterocycles. The molecule has 370 valence electrons. The Bertz CT molecular complexity index is 1310. The third-order valence-corrected chi connectivity index (χ3v) is 11.1. The molecule has 0 aromatic heterocycles. The normalized spacial score (nSPS) is 12.8. The molecule has 0 radical (unpaired) electrons. The molecule has 1 unspecified atom stereocenters. The highest BCUT2D eigenvalue weighted by Gasteiger charge is 2.19. The zero-order valence-corrected chi connectivity index (χ0v) is 42.2. The van der Waals surface area contributed by atoms with E-state index in [1.54, 1.807) is 0 Å². The Balaban J connectivity index is 4.50. The van der Waals surface area contributed by atoms with E-state index >= 15 is 0 Å². The van der Waals surface area contributed by atoms with Gasteiger partial charge in [0.2, 0.25) is 0 Å². The van der Waals surface area contributed by atoms with E-state index in [1.807, 2.05) is 12.2 Å². The molecule has 0 amide bonds. The first-order chi connectivity index (χ1) is 32.0. The van der Waals surface area contributed by atoms with Gasteiger partial charge in [0.15, 0.2) is 6.10 Å². The van der Waals surface area contributed by atoms with E-state index in [0.717, 1.165) is 89.9 Å². The van der Waals surface area contributed by atoms with Crippen LogP contribution in [0.25, 0.3) is 0 Å². The third-order valence-electron chi connectivity index (χ3n) is 11.1. The van der Waals surface area contributed by atoms with Crippen LogP contribution in [0.4, 0.5) is 0 Å². The first kappa shape index (κ1) is 61.3. The molecule has 0 aromatic carbocycles. The van der Waals surface area contributed by atoms with Crippen LogP contribution < -0.4 is 0 Å². The van der Waals surface area contributed by atoms with Gasteiger partial charge < -0.3 is 14.2 Å². The number of carbonyl (C=O) groups excluding carboxylic acids is 3. The molecule has 6 heteroatoms. The molecule has 0 heterocycles. The standard InChI is InChI=1S/C59H98O6/c1-4-7-10-13-16-19-22-25-28-30-32-34-37-40-43-46-49-52-58(61)64-55-56(54-63-57(60)51-48-45-42-39-36-33-27-24-21-18-15-12-9-6-3)65-59(62)53-50-47-44-41-38-35-31-29-26-23-20-17-14-11-8-5-2/h8-9,11-12,17-18,20-21,25-26,28-29,35,38,44,47,56H,4-7,10,13-16,19,22-24,27,30-34,36-37,39-43,45-46,48-55H2,1-3H3/b11-8-,12-9-,20-17-,21-18-,28-25-,29-26-,38-35-,47-44-. The topological polar surface area (TPSA) is 78.9 Å². The smallest absolute Gasteiger partial charge is 0.306 e. The largest absolute Gasteiger partial charge is 0.462 e. The van der Waals surface area contributed by atoms with Crippen molar-refractivity contribution in [1.29, 1.82) is 0 Å². The maximum absolute atomic E-state index is 12.8. The zero-order valence-electron chi connectivity index (χ0n) is 42.2. The summed E-state index contributed by atoms with van der Waals surface area (Å²) < 4.78 is 16.7. The van der Waals surface area contributed by atoms with Gasteiger partial charge in [-0.15, -0.1) is 0 Å². The second-order valence-corrected chi connectivity index (χ2v) is 17.4. The Morgan fingerprint density at radius 2 is 0.631 bits per heavy atom. The van der Waals surface area contributed by atoms with Gasteiger partial charge >= 0.3 is 17.9 Å². The lowest BCUT2D eigenvalue weighted by molar-refractivity contribution is -0.166. The van der Waals surface area contributed by atoms with Crippen LogP contribution in [-0.2, 0) is 28.6 Å². The highest BCUT2D eigenvalue weighted by atomic mass is 16.6. The maximum atomic E-state index is 12.8. The SMILES string of the molecule is CC/C=C\C/C=C\C/C=C\C/C=C\C/C=C\CCC(=O)OC(COC(=O)CCCCCCCCC/C=C\C/C=C\CC)COC(=O)CCCCCCCCC/C=C\CCCCCCCC. The fourth-order valence-corrected chi connectivity index (χ4v) is 7.11. The molecule has 1 atom stereocenters. The summed E-state index contributed by atoms with van der Waals surface area (Å²) in [6.07, 6.45) is 69.8. The van der Waals surface area contributed by atoms with Gasteiger partial charge in [0, 0.05) is 19.3 Å². The minimum absolute atomic E-state index is 0.112. The third kappa shape index (κ3) is 51.2. The van der Waals surface area contributed by atoms with Gasteiger partial charge in [-0.1, -0.05) is 214 Å². The first-order valence-electron chi connectivity index (χ1n) is 26.7. The summed E-state index contributed by atoms with van der Waals surface area (Å²) in [6.45, 7) is 6.34. The number of esters is 3. The van der Waals surface area contributed by atoms with Crippen molar-refractivity contribution in [3.8, 4) is 0 Å². The lowest BCUT2D eigenvalue weighted by Gasteiger charge is -2.18. The number of hydrogen-bond donors (Lipinski definition) is 0. The molecule has 65 heavy (non-hydrogen) atoms. The fourth-order valence-electron chi connectivity index (χ4n) is 7.11. The van der Waals surface area contributed by atoms with E-state index in [2.05, 4.69) is 106 Å². The lowest BCUT2D eigenvalue weighted by Crippen LogP contribution is -2.30. The van der Waals surface area contributed by atoms with E-state index in [0.29, 0.717) is 19.3 Å². The summed E-state index contributed by atoms with van der Waals surface area (Å²) in [5.41, 5.74) is 0. The molecule has 0 N–H and O–H groups in total. The van der Waals surface area contributed by atoms with Crippen molar-refractivity contribution in [3.05, 3.63) is 97.2 Å². The molecule has 0 aliphatic rings. The van der Waals surface area contributed by atoms with Crippen LogP contribution in [0.3, 0.4) is 0 Å². The Hall–Kier alpha value is -3.67. The predicted octanol–water partition coefficient (Wildman–Crippen LogP) is 17.8. The Morgan fingerprint density at radius 1 is 0.323 bits per heavy atom. The van der Waals surface area contributed by atoms with Crippen molar-refractivity contribution in [3.63, 3.8) is 0 Å². The van der Waals surface area contributed by atoms with Crippen LogP contribution in [0.2, 0.25) is 0 Å². The van der Waals surface area contributed by atoms with Gasteiger partial charge in [-0.2, -0.15) is 0 Å². The number of rotatable bonds is 47. The van der Waals surface area contributed by atoms with Crippen molar-refractivity contribution >= 4 is 17.9 Å². The summed E-state index contributed by atoms with van der Waals surface area (Å²) in [5, 5.41) is 0. The van der Waals surface area contributed by atoms with Crippen molar-refractivity contribution < 1.29 is 28.6 Å². The quantitative estimate of drug-likeness (QED) is 0.0262. The highest BCUT2D eigenvalue weighted by Crippen LogP contribution is 2.14. The summed E-state index contributed by atoms with van der Waals surface area (Å²) in [6, 6.07) is 0. The molecule has 0 aromatic rings. The first-order valence-corrected chi connectivity index (χ1v) is 26.7. The van der Waals surface area contributed by atoms with Crippen LogP contribution in [0.5, 0.6) is 0 Å². The van der Waals surface area contributed by atoms with Crippen LogP contribution in [-0.4, -0.2) is 37.2 Å². The Morgan fingerprint density at radius 3 is 1.02 bits per heavy atom. The molecule has 0 aliphatic carbocycles. The molecular formula is C59H98O6. The molecule has 0 fully saturated rings. The zero-order chi connectivity index (χ0) is 47.2. The van der Waals surface area contributed by atoms with E-state index in [4.69, 9.17) is 14.2 Å². The molecule has 0 saturated carbocycles. The van der Waals surface area contributed by atoms with Crippen LogP contribution >= 0.6 is 0 Å². The van der Waals surface area contributed by atoms with Gasteiger partial charge in [-0.3, -0.25) is 14.4 Å². The van der Waals surface area contributed by atoms with Crippen molar-refractivity contribution in [1.82, 2.24) is 0 Å². The van der Waals surface area contributed by atoms with Crippen molar-refractivity contribution in [2.75, 3.05) is 13.2 Å². The van der Waals surface area contributed by atoms with Crippen LogP contribution in [0.15, 0.2) is 97.2 Å². The van der Waals surface area contributed by atoms with Gasteiger partial charge in [0.25, 0.3) is 0 Å². The van der Waals surface area contributed by atoms with Crippen LogP contribution in [0, 0.1) is 0 Å². The summed E-state index contributed by atoms with van der Waals surface area (Å²) in [5.74, 6) is -1.01. The maximum Gasteiger partial charge on any atom is 0.306 e. The number of hydrogen-bond acceptors (Lipinski definition) is 6. The molecule has 0 rings (SSSR count). The molecular weight excluding hydrogens is 805 g/mol. The summed E-state index contributed by atoms with van der Waals surface area (Å²) >= 11 is 0. The van der Waals surface area contributed by atoms with E-state index in [9.17, 15) is 14.4 Å². The number of unbranched alkanes of at least 4 members (excludes halogenated alkanes) is 20. The average molecular weight is 903 g/mol. The summed E-state index contributed by atoms with van der Waals surface area (Å²) in [4.78, 5) is 38.0. The van der Waals surface area contributed by atoms with E-state index < -0.39 is 12.1 Å². The Labute approximate surface area is 400 Å². The van der Waals surface area contributed by atoms with Gasteiger partial charge in [0.1, 0.15) is 13.2 Å². The molecule has 0 spiro atoms. The predicted molar refractivity (Wildman–Crippen MR) is 279 cm³/mol. The van der Waals surface area contributed by atoms with Crippen molar-refractivity contribution in [2.45, 2.75) is 245 Å². The minimum Gasteiger partial charge on any atom is -0.462 e. The fraction of sp³-hybridized carbons (Fsp3) is 0.678. The van der Waals surface area contributed by atoms with E-state index in [1.165, 1.54) is 103 Å².